The van der Waals surface area contributed by atoms with Gasteiger partial charge in [0.1, 0.15) is 0 Å². The third-order valence-electron chi connectivity index (χ3n) is 1.31. The van der Waals surface area contributed by atoms with Gasteiger partial charge in [-0.25, -0.2) is 4.98 Å². The number of rotatable bonds is 0. The van der Waals surface area contributed by atoms with Crippen LogP contribution in [0.2, 0.25) is 0 Å². The molecule has 0 atom stereocenters. The summed E-state index contributed by atoms with van der Waals surface area (Å²) in [5, 5.41) is 0. The van der Waals surface area contributed by atoms with Gasteiger partial charge < -0.3 is 10.7 Å². The molecular weight excluding hydrogens is 158 g/mol. The molecule has 0 saturated heterocycles. The number of nitrogens with two attached hydrogens (primary N) is 1. The Bertz CT molecular complexity index is 442. The minimum atomic E-state index is -0.301. The van der Waals surface area contributed by atoms with E-state index in [4.69, 9.17) is 5.73 Å². The zero-order valence-corrected chi connectivity index (χ0v) is 5.46. The van der Waals surface area contributed by atoms with Crippen molar-refractivity contribution in [1.82, 2.24) is 19.9 Å². The summed E-state index contributed by atoms with van der Waals surface area (Å²) in [4.78, 5) is 23.5. The van der Waals surface area contributed by atoms with E-state index in [1.807, 2.05) is 0 Å². The number of aromatic nitrogens is 4. The first kappa shape index (κ1) is 8.25. The lowest BCUT2D eigenvalue weighted by Gasteiger charge is -1.89. The molecule has 6 nitrogen and oxygen atoms in total. The predicted molar refractivity (Wildman–Crippen MR) is 45.7 cm³/mol. The number of fused-ring (bicyclic) bond motifs is 1. The lowest BCUT2D eigenvalue weighted by Crippen LogP contribution is -2.10. The van der Waals surface area contributed by atoms with Crippen LogP contribution >= 0.6 is 0 Å². The van der Waals surface area contributed by atoms with Gasteiger partial charge in [0.25, 0.3) is 5.56 Å². The summed E-state index contributed by atoms with van der Waals surface area (Å²) in [5.74, 6) is 0.0783. The van der Waals surface area contributed by atoms with Crippen molar-refractivity contribution in [3.63, 3.8) is 0 Å². The van der Waals surface area contributed by atoms with Gasteiger partial charge in [0.2, 0.25) is 5.95 Å². The maximum absolute atomic E-state index is 11.0. The predicted octanol–water partition coefficient (Wildman–Crippen LogP) is -0.135. The number of nitrogens with one attached hydrogen (secondary N) is 2. The molecule has 12 heavy (non-hydrogen) atoms. The number of anilines is 1. The number of nitrogens with zero attached hydrogens (tertiary/aromatic N) is 2. The molecule has 2 heterocycles. The Balaban J connectivity index is 0.000000720. The van der Waals surface area contributed by atoms with E-state index in [9.17, 15) is 4.79 Å². The van der Waals surface area contributed by atoms with E-state index in [0.717, 1.165) is 0 Å². The van der Waals surface area contributed by atoms with Crippen LogP contribution in [0.15, 0.2) is 11.1 Å². The second kappa shape index (κ2) is 2.65. The van der Waals surface area contributed by atoms with Gasteiger partial charge in [0.15, 0.2) is 11.2 Å². The fraction of sp³-hybridized carbons (Fsp3) is 0.167. The van der Waals surface area contributed by atoms with Crippen LogP contribution < -0.4 is 11.3 Å². The summed E-state index contributed by atoms with van der Waals surface area (Å²) in [7, 11) is 0. The third kappa shape index (κ3) is 1.03. The first-order valence-corrected chi connectivity index (χ1v) is 2.96. The summed E-state index contributed by atoms with van der Waals surface area (Å²) in [6.45, 7) is 0. The van der Waals surface area contributed by atoms with Crippen molar-refractivity contribution in [1.29, 1.82) is 0 Å². The number of nitrogen functional groups attached to an aromatic ring is 1. The SMILES string of the molecule is C.Nc1nc2nc[nH]c2c(=O)[nH]1. The first-order valence-electron chi connectivity index (χ1n) is 2.96. The monoisotopic (exact) mass is 167 g/mol. The van der Waals surface area contributed by atoms with Crippen LogP contribution in [0.25, 0.3) is 11.2 Å². The highest BCUT2D eigenvalue weighted by Gasteiger charge is 2.01. The summed E-state index contributed by atoms with van der Waals surface area (Å²) in [5.41, 5.74) is 5.65. The molecular formula is C6H9N5O. The molecule has 2 aromatic rings. The Labute approximate surface area is 67.9 Å². The van der Waals surface area contributed by atoms with Crippen molar-refractivity contribution in [2.24, 2.45) is 0 Å². The number of hydrogen-bond donors (Lipinski definition) is 3. The average Bonchev–Trinajstić information content (AvgIpc) is 2.34. The first-order chi connectivity index (χ1) is 5.27. The molecule has 0 amide bonds. The highest BCUT2D eigenvalue weighted by molar-refractivity contribution is 5.69. The largest absolute Gasteiger partial charge is 0.369 e. The normalized spacial score (nSPS) is 9.67. The van der Waals surface area contributed by atoms with E-state index in [0.29, 0.717) is 11.2 Å². The van der Waals surface area contributed by atoms with Gasteiger partial charge in [0.05, 0.1) is 6.33 Å². The van der Waals surface area contributed by atoms with Gasteiger partial charge in [-0.1, -0.05) is 7.43 Å². The van der Waals surface area contributed by atoms with E-state index in [2.05, 4.69) is 19.9 Å². The van der Waals surface area contributed by atoms with Crippen LogP contribution in [0.1, 0.15) is 7.43 Å². The van der Waals surface area contributed by atoms with Crippen LogP contribution in [0.3, 0.4) is 0 Å². The maximum atomic E-state index is 11.0. The standard InChI is InChI=1S/C5H5N5O.CH4/c6-5-9-3-2(4(11)10-5)7-1-8-3;/h1H,(H4,6,7,8,9,10,11);1H4. The molecule has 0 unspecified atom stereocenters. The van der Waals surface area contributed by atoms with Crippen LogP contribution in [0.4, 0.5) is 5.95 Å². The molecule has 64 valence electrons. The molecule has 0 aliphatic carbocycles. The van der Waals surface area contributed by atoms with Crippen LogP contribution in [0, 0.1) is 0 Å². The topological polar surface area (TPSA) is 100 Å². The summed E-state index contributed by atoms with van der Waals surface area (Å²) in [6.07, 6.45) is 1.40. The van der Waals surface area contributed by atoms with Crippen molar-refractivity contribution < 1.29 is 0 Å². The lowest BCUT2D eigenvalue weighted by atomic mass is 10.5. The number of imidazole rings is 1. The highest BCUT2D eigenvalue weighted by atomic mass is 16.1. The van der Waals surface area contributed by atoms with Crippen LogP contribution in [-0.4, -0.2) is 19.9 Å². The molecule has 4 N–H and O–H groups in total. The van der Waals surface area contributed by atoms with Crippen molar-refractivity contribution in [3.8, 4) is 0 Å². The zero-order chi connectivity index (χ0) is 7.84. The fourth-order valence-corrected chi connectivity index (χ4v) is 0.860. The summed E-state index contributed by atoms with van der Waals surface area (Å²) in [6, 6.07) is 0. The maximum Gasteiger partial charge on any atom is 0.278 e. The van der Waals surface area contributed by atoms with Gasteiger partial charge in [0, 0.05) is 0 Å². The zero-order valence-electron chi connectivity index (χ0n) is 5.46. The molecule has 0 aromatic carbocycles. The minimum Gasteiger partial charge on any atom is -0.369 e. The molecule has 2 aromatic heterocycles. The molecule has 0 saturated carbocycles. The van der Waals surface area contributed by atoms with Gasteiger partial charge in [-0.3, -0.25) is 9.78 Å². The lowest BCUT2D eigenvalue weighted by molar-refractivity contribution is 1.17. The van der Waals surface area contributed by atoms with Gasteiger partial charge in [-0.05, 0) is 0 Å². The van der Waals surface area contributed by atoms with E-state index in [1.54, 1.807) is 0 Å². The second-order valence-corrected chi connectivity index (χ2v) is 2.05. The van der Waals surface area contributed by atoms with Crippen molar-refractivity contribution >= 4 is 17.1 Å². The Morgan fingerprint density at radius 2 is 2.25 bits per heavy atom. The molecule has 0 aliphatic heterocycles. The number of H-pyrrole nitrogens is 2. The molecule has 0 radical (unpaired) electrons. The number of hydrogen-bond acceptors (Lipinski definition) is 4. The van der Waals surface area contributed by atoms with Crippen molar-refractivity contribution in [3.05, 3.63) is 16.7 Å². The Morgan fingerprint density at radius 3 is 3.00 bits per heavy atom. The molecule has 0 aliphatic rings. The smallest absolute Gasteiger partial charge is 0.278 e. The fourth-order valence-electron chi connectivity index (χ4n) is 0.860. The Kier molecular flexibility index (Phi) is 1.82. The third-order valence-corrected chi connectivity index (χ3v) is 1.31. The minimum absolute atomic E-state index is 0. The average molecular weight is 167 g/mol. The highest BCUT2D eigenvalue weighted by Crippen LogP contribution is 1.98. The van der Waals surface area contributed by atoms with E-state index < -0.39 is 0 Å². The molecule has 6 heteroatoms. The van der Waals surface area contributed by atoms with Crippen molar-refractivity contribution in [2.45, 2.75) is 7.43 Å². The van der Waals surface area contributed by atoms with E-state index in [-0.39, 0.29) is 18.9 Å². The van der Waals surface area contributed by atoms with Gasteiger partial charge in [-0.2, -0.15) is 4.98 Å². The molecule has 0 bridgehead atoms. The van der Waals surface area contributed by atoms with E-state index in [1.165, 1.54) is 6.33 Å². The van der Waals surface area contributed by atoms with Crippen LogP contribution in [-0.2, 0) is 0 Å². The molecule has 0 spiro atoms. The second-order valence-electron chi connectivity index (χ2n) is 2.05. The van der Waals surface area contributed by atoms with E-state index >= 15 is 0 Å². The van der Waals surface area contributed by atoms with Crippen molar-refractivity contribution in [2.75, 3.05) is 5.73 Å². The quantitative estimate of drug-likeness (QED) is 0.508. The summed E-state index contributed by atoms with van der Waals surface area (Å²) < 4.78 is 0. The molecule has 2 rings (SSSR count). The Hall–Kier alpha value is -1.85. The molecule has 0 fully saturated rings. The Morgan fingerprint density at radius 1 is 1.50 bits per heavy atom. The van der Waals surface area contributed by atoms with Gasteiger partial charge >= 0.3 is 0 Å². The summed E-state index contributed by atoms with van der Waals surface area (Å²) >= 11 is 0. The number of aromatic amines is 2. The van der Waals surface area contributed by atoms with Crippen LogP contribution in [0.5, 0.6) is 0 Å². The van der Waals surface area contributed by atoms with Gasteiger partial charge in [-0.15, -0.1) is 0 Å².